The molecule has 0 atom stereocenters. The Balaban J connectivity index is 2.93. The highest BCUT2D eigenvalue weighted by Gasteiger charge is 1.89. The largest absolute Gasteiger partial charge is 0.417 e. The van der Waals surface area contributed by atoms with Crippen molar-refractivity contribution >= 4 is 15.8 Å². The third-order valence-electron chi connectivity index (χ3n) is 0.854. The predicted octanol–water partition coefficient (Wildman–Crippen LogP) is 0.134. The van der Waals surface area contributed by atoms with Gasteiger partial charge in [-0.15, -0.1) is 0 Å². The van der Waals surface area contributed by atoms with E-state index in [0.717, 1.165) is 12.5 Å². The van der Waals surface area contributed by atoms with Crippen LogP contribution in [-0.4, -0.2) is 22.3 Å². The van der Waals surface area contributed by atoms with Crippen molar-refractivity contribution in [3.8, 4) is 0 Å². The van der Waals surface area contributed by atoms with Crippen molar-refractivity contribution in [3.63, 3.8) is 0 Å². The Bertz CT molecular complexity index is 146. The highest BCUT2D eigenvalue weighted by atomic mass is 28.2. The molecule has 0 N–H and O–H groups in total. The fraction of sp³-hybridized carbons (Fsp3) is 0.600. The summed E-state index contributed by atoms with van der Waals surface area (Å²) < 4.78 is 3.28. The minimum Gasteiger partial charge on any atom is -0.417 e. The molecule has 0 rings (SSSR count). The zero-order valence-corrected chi connectivity index (χ0v) is 6.55. The van der Waals surface area contributed by atoms with Crippen LogP contribution in [0, 0.1) is 6.57 Å². The number of carbonyl (C=O) groups excluding carboxylic acids is 1. The summed E-state index contributed by atoms with van der Waals surface area (Å²) in [7, 11) is -0.504. The molecule has 48 valence electrons. The van der Waals surface area contributed by atoms with Crippen molar-refractivity contribution < 1.29 is 4.79 Å². The normalized spacial score (nSPS) is 8.78. The van der Waals surface area contributed by atoms with Gasteiger partial charge in [0, 0.05) is 6.04 Å². The highest BCUT2D eigenvalue weighted by molar-refractivity contribution is 6.39. The van der Waals surface area contributed by atoms with E-state index in [9.17, 15) is 4.79 Å². The molecule has 0 aliphatic rings. The third kappa shape index (κ3) is 7.09. The summed E-state index contributed by atoms with van der Waals surface area (Å²) in [5.41, 5.74) is 0. The maximum atomic E-state index is 9.50. The van der Waals surface area contributed by atoms with Crippen molar-refractivity contribution in [3.05, 3.63) is 11.1 Å². The van der Waals surface area contributed by atoms with Crippen LogP contribution < -0.4 is 0 Å². The summed E-state index contributed by atoms with van der Waals surface area (Å²) in [4.78, 5) is 12.9. The Morgan fingerprint density at radius 3 is 3.11 bits per heavy atom. The maximum absolute atomic E-state index is 9.50. The van der Waals surface area contributed by atoms with Crippen LogP contribution in [0.3, 0.4) is 0 Å². The summed E-state index contributed by atoms with van der Waals surface area (Å²) >= 11 is 0. The second-order valence-electron chi connectivity index (χ2n) is 1.56. The Morgan fingerprint density at radius 2 is 2.56 bits per heavy atom. The summed E-state index contributed by atoms with van der Waals surface area (Å²) in [5, 5.41) is 0. The fourth-order valence-corrected chi connectivity index (χ4v) is 1.03. The second-order valence-corrected chi connectivity index (χ2v) is 3.03. The minimum absolute atomic E-state index is 0.504. The van der Waals surface area contributed by atoms with E-state index >= 15 is 0 Å². The number of aliphatic imine (C=N–C) groups is 1. The van der Waals surface area contributed by atoms with Gasteiger partial charge in [-0.05, 0) is 6.42 Å². The van der Waals surface area contributed by atoms with Crippen molar-refractivity contribution in [1.29, 1.82) is 0 Å². The van der Waals surface area contributed by atoms with Crippen molar-refractivity contribution in [1.82, 2.24) is 0 Å². The molecule has 9 heavy (non-hydrogen) atoms. The molecule has 0 aliphatic heterocycles. The van der Waals surface area contributed by atoms with Gasteiger partial charge in [-0.3, -0.25) is 6.57 Å². The molecule has 0 fully saturated rings. The molecule has 0 saturated carbocycles. The van der Waals surface area contributed by atoms with Gasteiger partial charge >= 0.3 is 9.68 Å². The third-order valence-corrected chi connectivity index (χ3v) is 1.89. The fourth-order valence-electron chi connectivity index (χ4n) is 0.427. The van der Waals surface area contributed by atoms with Crippen LogP contribution in [0.2, 0.25) is 6.04 Å². The molecular weight excluding hydrogens is 132 g/mol. The molecule has 0 aliphatic carbocycles. The van der Waals surface area contributed by atoms with Gasteiger partial charge in [0.15, 0.2) is 0 Å². The van der Waals surface area contributed by atoms with Crippen LogP contribution in [-0.2, 0) is 4.79 Å². The van der Waals surface area contributed by atoms with Crippen molar-refractivity contribution in [2.45, 2.75) is 12.5 Å². The lowest BCUT2D eigenvalue weighted by atomic mass is 10.5. The molecule has 0 saturated heterocycles. The van der Waals surface area contributed by atoms with E-state index < -0.39 is 9.68 Å². The monoisotopic (exact) mass is 140 g/mol. The quantitative estimate of drug-likeness (QED) is 0.180. The van der Waals surface area contributed by atoms with Crippen LogP contribution >= 0.6 is 0 Å². The number of isocyanates is 1. The van der Waals surface area contributed by atoms with Gasteiger partial charge in [-0.2, -0.15) is 0 Å². The highest BCUT2D eigenvalue weighted by Crippen LogP contribution is 1.87. The van der Waals surface area contributed by atoms with Crippen LogP contribution in [0.1, 0.15) is 6.42 Å². The first-order chi connectivity index (χ1) is 4.41. The van der Waals surface area contributed by atoms with Crippen molar-refractivity contribution in [2.75, 3.05) is 6.54 Å². The van der Waals surface area contributed by atoms with Gasteiger partial charge in [0.05, 0.1) is 6.54 Å². The van der Waals surface area contributed by atoms with E-state index in [2.05, 4.69) is 9.50 Å². The summed E-state index contributed by atoms with van der Waals surface area (Å²) in [6.07, 6.45) is 2.34. The molecule has 0 aromatic rings. The average molecular weight is 140 g/mol. The van der Waals surface area contributed by atoms with E-state index in [1.165, 1.54) is 6.08 Å². The SMILES string of the molecule is [C-]#[N+][SiH2]CCCN=C=O. The Hall–Kier alpha value is -0.913. The first-order valence-electron chi connectivity index (χ1n) is 2.78. The standard InChI is InChI=1S/C5H8N2OSi/c1-6-9-4-2-3-7-5-8/h2-4,9H2. The zero-order valence-electron chi connectivity index (χ0n) is 5.13. The molecule has 0 bridgehead atoms. The smallest absolute Gasteiger partial charge is 0.414 e. The molecule has 0 heterocycles. The first kappa shape index (κ1) is 8.09. The van der Waals surface area contributed by atoms with Crippen LogP contribution in [0.4, 0.5) is 0 Å². The van der Waals surface area contributed by atoms with Crippen LogP contribution in [0.15, 0.2) is 4.99 Å². The van der Waals surface area contributed by atoms with Gasteiger partial charge in [-0.25, -0.2) is 9.79 Å². The Labute approximate surface area is 56.5 Å². The van der Waals surface area contributed by atoms with E-state index in [0.29, 0.717) is 6.54 Å². The van der Waals surface area contributed by atoms with Crippen LogP contribution in [0.25, 0.3) is 4.51 Å². The van der Waals surface area contributed by atoms with Gasteiger partial charge in [0.25, 0.3) is 0 Å². The lowest BCUT2D eigenvalue weighted by Crippen LogP contribution is -1.84. The lowest BCUT2D eigenvalue weighted by Gasteiger charge is -1.82. The molecular formula is C5H8N2OSi. The number of rotatable bonds is 4. The predicted molar refractivity (Wildman–Crippen MR) is 37.6 cm³/mol. The van der Waals surface area contributed by atoms with Gasteiger partial charge in [-0.1, -0.05) is 0 Å². The average Bonchev–Trinajstić information content (AvgIpc) is 1.89. The first-order valence-corrected chi connectivity index (χ1v) is 4.42. The van der Waals surface area contributed by atoms with Crippen LogP contribution in [0.5, 0.6) is 0 Å². The maximum Gasteiger partial charge on any atom is 0.414 e. The van der Waals surface area contributed by atoms with Gasteiger partial charge in [0.1, 0.15) is 0 Å². The number of nitrogens with zero attached hydrogens (tertiary/aromatic N) is 2. The molecule has 4 heteroatoms. The van der Waals surface area contributed by atoms with E-state index in [1.807, 2.05) is 0 Å². The Kier molecular flexibility index (Phi) is 6.37. The number of hydrogen-bond donors (Lipinski definition) is 0. The zero-order chi connectivity index (χ0) is 6.95. The Morgan fingerprint density at radius 1 is 1.78 bits per heavy atom. The molecule has 0 spiro atoms. The second kappa shape index (κ2) is 7.09. The number of hydrogen-bond acceptors (Lipinski definition) is 2. The van der Waals surface area contributed by atoms with Crippen molar-refractivity contribution in [2.24, 2.45) is 4.99 Å². The summed E-state index contributed by atoms with van der Waals surface area (Å²) in [6.45, 7) is 7.01. The lowest BCUT2D eigenvalue weighted by molar-refractivity contribution is 0.562. The van der Waals surface area contributed by atoms with Gasteiger partial charge in [0.2, 0.25) is 6.08 Å². The van der Waals surface area contributed by atoms with Gasteiger partial charge < -0.3 is 4.51 Å². The summed E-state index contributed by atoms with van der Waals surface area (Å²) in [6, 6.07) is 0.967. The van der Waals surface area contributed by atoms with E-state index in [-0.39, 0.29) is 0 Å². The molecule has 0 aromatic heterocycles. The molecule has 0 aromatic carbocycles. The van der Waals surface area contributed by atoms with E-state index in [1.54, 1.807) is 0 Å². The summed E-state index contributed by atoms with van der Waals surface area (Å²) in [5.74, 6) is 0. The minimum atomic E-state index is -0.504. The molecule has 0 amide bonds. The molecule has 0 radical (unpaired) electrons. The van der Waals surface area contributed by atoms with E-state index in [4.69, 9.17) is 6.57 Å². The molecule has 3 nitrogen and oxygen atoms in total. The topological polar surface area (TPSA) is 33.8 Å². The molecule has 0 unspecified atom stereocenters.